The number of hydrogen-bond donors (Lipinski definition) is 1. The Kier molecular flexibility index (Phi) is 7.98. The summed E-state index contributed by atoms with van der Waals surface area (Å²) in [7, 11) is -2.57. The minimum absolute atomic E-state index is 0.310. The Morgan fingerprint density at radius 2 is 0.953 bits per heavy atom. The number of rotatable bonds is 6. The van der Waals surface area contributed by atoms with E-state index in [1.807, 2.05) is 24.3 Å². The van der Waals surface area contributed by atoms with Crippen molar-refractivity contribution in [2.45, 2.75) is 75.5 Å². The number of fused-ring (bicyclic) bond motifs is 1. The van der Waals surface area contributed by atoms with Gasteiger partial charge in [0, 0.05) is 22.0 Å². The van der Waals surface area contributed by atoms with Crippen LogP contribution in [0.25, 0.3) is 44.2 Å². The summed E-state index contributed by atoms with van der Waals surface area (Å²) >= 11 is 0. The first kappa shape index (κ1) is 28.2. The highest BCUT2D eigenvalue weighted by molar-refractivity contribution is 7.73. The van der Waals surface area contributed by atoms with Gasteiger partial charge in [0.15, 0.2) is 0 Å². The maximum absolute atomic E-state index is 15.4. The monoisotopic (exact) mass is 584 g/mol. The quantitative estimate of drug-likeness (QED) is 0.202. The van der Waals surface area contributed by atoms with E-state index in [1.165, 1.54) is 44.1 Å². The lowest BCUT2D eigenvalue weighted by Gasteiger charge is -2.39. The molecule has 2 aliphatic carbocycles. The van der Waals surface area contributed by atoms with Crippen LogP contribution in [0.3, 0.4) is 0 Å². The summed E-state index contributed by atoms with van der Waals surface area (Å²) in [4.78, 5) is 0. The van der Waals surface area contributed by atoms with Crippen LogP contribution >= 0.6 is 7.14 Å². The van der Waals surface area contributed by atoms with Gasteiger partial charge in [0.05, 0.1) is 0 Å². The van der Waals surface area contributed by atoms with E-state index in [-0.39, 0.29) is 0 Å². The standard InChI is InChI=1S/C40H41O2P/c41-38-19-10-12-33-11-9-18-37(40(33)38)32-27-23-30(24-28-32)29-21-25-31(26-22-29)36-17-7-8-20-39(36)43(42,34-13-3-1-4-14-34)35-15-5-2-6-16-35/h7-12,17-28,34-35,41H,1-6,13-16H2. The predicted molar refractivity (Wildman–Crippen MR) is 183 cm³/mol. The number of hydrogen-bond acceptors (Lipinski definition) is 2. The van der Waals surface area contributed by atoms with Gasteiger partial charge in [0.25, 0.3) is 0 Å². The van der Waals surface area contributed by atoms with Crippen LogP contribution in [-0.2, 0) is 4.57 Å². The second-order valence-electron chi connectivity index (χ2n) is 12.6. The molecule has 0 unspecified atom stereocenters. The van der Waals surface area contributed by atoms with Crippen LogP contribution in [0.5, 0.6) is 5.75 Å². The largest absolute Gasteiger partial charge is 0.507 e. The van der Waals surface area contributed by atoms with Gasteiger partial charge in [-0.05, 0) is 70.5 Å². The van der Waals surface area contributed by atoms with Crippen LogP contribution in [0.4, 0.5) is 0 Å². The van der Waals surface area contributed by atoms with Crippen LogP contribution in [-0.4, -0.2) is 16.4 Å². The van der Waals surface area contributed by atoms with Crippen molar-refractivity contribution in [3.63, 3.8) is 0 Å². The van der Waals surface area contributed by atoms with Gasteiger partial charge in [0.2, 0.25) is 0 Å². The molecule has 5 aromatic rings. The first-order valence-corrected chi connectivity index (χ1v) is 18.1. The van der Waals surface area contributed by atoms with Crippen molar-refractivity contribution < 1.29 is 9.67 Å². The molecule has 2 saturated carbocycles. The summed E-state index contributed by atoms with van der Waals surface area (Å²) < 4.78 is 15.4. The van der Waals surface area contributed by atoms with Crippen molar-refractivity contribution in [3.8, 4) is 39.1 Å². The van der Waals surface area contributed by atoms with Crippen LogP contribution in [0.2, 0.25) is 0 Å². The topological polar surface area (TPSA) is 37.3 Å². The minimum atomic E-state index is -2.57. The van der Waals surface area contributed by atoms with E-state index in [4.69, 9.17) is 0 Å². The van der Waals surface area contributed by atoms with Crippen LogP contribution in [0.15, 0.2) is 109 Å². The van der Waals surface area contributed by atoms with Crippen LogP contribution in [0.1, 0.15) is 64.2 Å². The molecule has 0 amide bonds. The zero-order valence-corrected chi connectivity index (χ0v) is 25.8. The van der Waals surface area contributed by atoms with Gasteiger partial charge in [-0.2, -0.15) is 0 Å². The van der Waals surface area contributed by atoms with E-state index >= 15 is 4.57 Å². The third-order valence-corrected chi connectivity index (χ3v) is 14.5. The molecule has 218 valence electrons. The fourth-order valence-electron chi connectivity index (χ4n) is 7.89. The highest BCUT2D eigenvalue weighted by Gasteiger charge is 2.43. The lowest BCUT2D eigenvalue weighted by molar-refractivity contribution is 0.453. The predicted octanol–water partition coefficient (Wildman–Crippen LogP) is 11.2. The third kappa shape index (κ3) is 5.36. The Hall–Kier alpha value is -3.61. The molecule has 0 aliphatic heterocycles. The maximum Gasteiger partial charge on any atom is 0.124 e. The minimum Gasteiger partial charge on any atom is -0.507 e. The molecule has 1 N–H and O–H groups in total. The molecule has 7 rings (SSSR count). The van der Waals surface area contributed by atoms with E-state index in [9.17, 15) is 5.11 Å². The maximum atomic E-state index is 15.4. The molecule has 2 aliphatic rings. The highest BCUT2D eigenvalue weighted by Crippen LogP contribution is 2.62. The molecule has 0 saturated heterocycles. The first-order chi connectivity index (χ1) is 21.1. The van der Waals surface area contributed by atoms with Gasteiger partial charge in [-0.25, -0.2) is 0 Å². The average molecular weight is 585 g/mol. The fourth-order valence-corrected chi connectivity index (χ4v) is 12.4. The van der Waals surface area contributed by atoms with Gasteiger partial charge in [0.1, 0.15) is 12.9 Å². The molecular weight excluding hydrogens is 543 g/mol. The number of phenolic OH excluding ortho intramolecular Hbond substituents is 1. The molecule has 0 aromatic heterocycles. The zero-order chi connectivity index (χ0) is 29.2. The molecule has 0 spiro atoms. The second-order valence-corrected chi connectivity index (χ2v) is 16.0. The number of benzene rings is 5. The van der Waals surface area contributed by atoms with Crippen LogP contribution in [0, 0.1) is 0 Å². The molecule has 3 heteroatoms. The van der Waals surface area contributed by atoms with E-state index in [2.05, 4.69) is 78.9 Å². The molecule has 0 heterocycles. The van der Waals surface area contributed by atoms with Crippen molar-refractivity contribution >= 4 is 23.2 Å². The molecule has 0 bridgehead atoms. The summed E-state index contributed by atoms with van der Waals surface area (Å²) in [5, 5.41) is 13.6. The van der Waals surface area contributed by atoms with Crippen molar-refractivity contribution in [2.75, 3.05) is 0 Å². The van der Waals surface area contributed by atoms with Crippen molar-refractivity contribution in [1.29, 1.82) is 0 Å². The normalized spacial score (nSPS) is 16.8. The Bertz CT molecular complexity index is 1730. The molecule has 5 aromatic carbocycles. The van der Waals surface area contributed by atoms with E-state index in [0.717, 1.165) is 69.6 Å². The Balaban J connectivity index is 1.21. The van der Waals surface area contributed by atoms with E-state index in [0.29, 0.717) is 17.1 Å². The fraction of sp³-hybridized carbons (Fsp3) is 0.300. The number of aromatic hydroxyl groups is 1. The molecule has 0 radical (unpaired) electrons. The number of phenols is 1. The van der Waals surface area contributed by atoms with E-state index < -0.39 is 7.14 Å². The van der Waals surface area contributed by atoms with Crippen molar-refractivity contribution in [3.05, 3.63) is 109 Å². The molecule has 2 fully saturated rings. The molecule has 0 atom stereocenters. The zero-order valence-electron chi connectivity index (χ0n) is 24.9. The summed E-state index contributed by atoms with van der Waals surface area (Å²) in [6.45, 7) is 0. The summed E-state index contributed by atoms with van der Waals surface area (Å²) in [6.07, 6.45) is 11.9. The third-order valence-electron chi connectivity index (χ3n) is 10.1. The lowest BCUT2D eigenvalue weighted by atomic mass is 9.95. The Labute approximate surface area is 256 Å². The van der Waals surface area contributed by atoms with E-state index in [1.54, 1.807) is 6.07 Å². The van der Waals surface area contributed by atoms with Gasteiger partial charge >= 0.3 is 0 Å². The molecular formula is C40H41O2P. The average Bonchev–Trinajstić information content (AvgIpc) is 3.09. The molecule has 43 heavy (non-hydrogen) atoms. The highest BCUT2D eigenvalue weighted by atomic mass is 31.2. The lowest BCUT2D eigenvalue weighted by Crippen LogP contribution is -2.30. The Morgan fingerprint density at radius 1 is 0.488 bits per heavy atom. The molecule has 2 nitrogen and oxygen atoms in total. The van der Waals surface area contributed by atoms with Gasteiger partial charge in [-0.15, -0.1) is 0 Å². The van der Waals surface area contributed by atoms with Crippen LogP contribution < -0.4 is 5.30 Å². The second kappa shape index (κ2) is 12.2. The van der Waals surface area contributed by atoms with Gasteiger partial charge in [-0.3, -0.25) is 0 Å². The SMILES string of the molecule is O=P(c1ccccc1-c1ccc(-c2ccc(-c3cccc4cccc(O)c34)cc2)cc1)(C1CCCCC1)C1CCCCC1. The van der Waals surface area contributed by atoms with Gasteiger partial charge < -0.3 is 9.67 Å². The van der Waals surface area contributed by atoms with Crippen molar-refractivity contribution in [2.24, 2.45) is 0 Å². The summed E-state index contributed by atoms with van der Waals surface area (Å²) in [5.74, 6) is 0.310. The summed E-state index contributed by atoms with van der Waals surface area (Å²) in [6, 6.07) is 37.9. The van der Waals surface area contributed by atoms with Crippen molar-refractivity contribution in [1.82, 2.24) is 0 Å². The van der Waals surface area contributed by atoms with Gasteiger partial charge in [-0.1, -0.05) is 142 Å². The Morgan fingerprint density at radius 3 is 1.53 bits per heavy atom. The smallest absolute Gasteiger partial charge is 0.124 e. The summed E-state index contributed by atoms with van der Waals surface area (Å²) in [5.41, 5.74) is 7.45. The first-order valence-electron chi connectivity index (χ1n) is 16.2.